The van der Waals surface area contributed by atoms with Crippen molar-refractivity contribution >= 4 is 16.8 Å². The summed E-state index contributed by atoms with van der Waals surface area (Å²) < 4.78 is 6.77. The van der Waals surface area contributed by atoms with Gasteiger partial charge in [-0.25, -0.2) is 0 Å². The molecular formula is C31H29N3O3. The summed E-state index contributed by atoms with van der Waals surface area (Å²) in [6.07, 6.45) is 2.39. The van der Waals surface area contributed by atoms with Crippen molar-refractivity contribution in [1.82, 2.24) is 15.2 Å². The van der Waals surface area contributed by atoms with Crippen LogP contribution in [0.2, 0.25) is 0 Å². The summed E-state index contributed by atoms with van der Waals surface area (Å²) in [6, 6.07) is 22.3. The van der Waals surface area contributed by atoms with Crippen LogP contribution in [0, 0.1) is 0 Å². The van der Waals surface area contributed by atoms with Gasteiger partial charge in [-0.2, -0.15) is 0 Å². The van der Waals surface area contributed by atoms with E-state index < -0.39 is 11.0 Å². The highest BCUT2D eigenvalue weighted by Gasteiger charge is 2.73. The molecule has 1 aromatic heterocycles. The molecule has 6 heteroatoms. The fraction of sp³-hybridized carbons (Fsp3) is 0.323. The van der Waals surface area contributed by atoms with Crippen molar-refractivity contribution in [3.05, 3.63) is 94.7 Å². The lowest BCUT2D eigenvalue weighted by molar-refractivity contribution is -0.130. The van der Waals surface area contributed by atoms with Gasteiger partial charge in [0, 0.05) is 28.9 Å². The van der Waals surface area contributed by atoms with Crippen LogP contribution < -0.4 is 10.1 Å². The van der Waals surface area contributed by atoms with Gasteiger partial charge in [-0.05, 0) is 55.3 Å². The molecule has 6 nitrogen and oxygen atoms in total. The summed E-state index contributed by atoms with van der Waals surface area (Å²) in [5, 5.41) is 15.8. The molecule has 3 aromatic carbocycles. The monoisotopic (exact) mass is 491 g/mol. The number of ether oxygens (including phenoxy) is 1. The van der Waals surface area contributed by atoms with Gasteiger partial charge in [0.15, 0.2) is 17.6 Å². The maximum atomic E-state index is 13.9. The van der Waals surface area contributed by atoms with Gasteiger partial charge in [-0.3, -0.25) is 4.79 Å². The summed E-state index contributed by atoms with van der Waals surface area (Å²) in [5.74, 6) is 0.811. The first-order chi connectivity index (χ1) is 18.0. The fourth-order valence-corrected chi connectivity index (χ4v) is 8.21. The number of H-pyrrole nitrogens is 1. The number of fused-ring (bicyclic) bond motifs is 4. The van der Waals surface area contributed by atoms with Crippen LogP contribution in [-0.2, 0) is 29.5 Å². The van der Waals surface area contributed by atoms with Crippen LogP contribution in [0.25, 0.3) is 10.9 Å². The van der Waals surface area contributed by atoms with E-state index in [1.165, 1.54) is 16.5 Å². The number of amides is 1. The number of aromatic amines is 1. The molecule has 1 fully saturated rings. The molecule has 0 radical (unpaired) electrons. The molecule has 2 bridgehead atoms. The summed E-state index contributed by atoms with van der Waals surface area (Å²) in [4.78, 5) is 20.0. The Kier molecular flexibility index (Phi) is 4.13. The van der Waals surface area contributed by atoms with E-state index >= 15 is 0 Å². The second kappa shape index (κ2) is 7.17. The third-order valence-electron chi connectivity index (χ3n) is 9.66. The lowest BCUT2D eigenvalue weighted by Gasteiger charge is -2.64. The molecule has 0 unspecified atom stereocenters. The summed E-state index contributed by atoms with van der Waals surface area (Å²) in [6.45, 7) is 0.908. The van der Waals surface area contributed by atoms with Gasteiger partial charge in [0.1, 0.15) is 0 Å². The van der Waals surface area contributed by atoms with E-state index in [1.54, 1.807) is 6.07 Å². The highest BCUT2D eigenvalue weighted by atomic mass is 16.5. The quantitative estimate of drug-likeness (QED) is 0.402. The normalized spacial score (nSPS) is 28.9. The number of phenolic OH excluding ortho intramolecular Hbond substituents is 1. The Morgan fingerprint density at radius 1 is 1.14 bits per heavy atom. The Bertz CT molecular complexity index is 1590. The molecule has 37 heavy (non-hydrogen) atoms. The Labute approximate surface area is 215 Å². The van der Waals surface area contributed by atoms with E-state index in [1.807, 2.05) is 36.4 Å². The fourth-order valence-electron chi connectivity index (χ4n) is 8.21. The summed E-state index contributed by atoms with van der Waals surface area (Å²) in [7, 11) is 2.19. The molecule has 4 atom stereocenters. The number of hydrogen-bond acceptors (Lipinski definition) is 4. The number of nitrogens with one attached hydrogen (secondary N) is 2. The first-order valence-corrected chi connectivity index (χ1v) is 13.2. The third kappa shape index (κ3) is 2.56. The maximum Gasteiger partial charge on any atom is 0.224 e. The minimum absolute atomic E-state index is 0.0324. The number of piperidine rings is 1. The number of nitrogens with zero attached hydrogens (tertiary/aromatic N) is 1. The predicted molar refractivity (Wildman–Crippen MR) is 141 cm³/mol. The molecular weight excluding hydrogens is 462 g/mol. The van der Waals surface area contributed by atoms with Gasteiger partial charge < -0.3 is 25.0 Å². The lowest BCUT2D eigenvalue weighted by atomic mass is 9.47. The molecule has 186 valence electrons. The zero-order valence-corrected chi connectivity index (χ0v) is 20.8. The topological polar surface area (TPSA) is 77.6 Å². The van der Waals surface area contributed by atoms with E-state index in [2.05, 4.69) is 46.5 Å². The van der Waals surface area contributed by atoms with Crippen molar-refractivity contribution in [3.8, 4) is 11.5 Å². The Balaban J connectivity index is 1.38. The van der Waals surface area contributed by atoms with Crippen LogP contribution in [0.3, 0.4) is 0 Å². The second-order valence-electron chi connectivity index (χ2n) is 11.3. The first-order valence-electron chi connectivity index (χ1n) is 13.2. The van der Waals surface area contributed by atoms with E-state index in [-0.39, 0.29) is 23.8 Å². The zero-order chi connectivity index (χ0) is 24.9. The minimum atomic E-state index is -0.569. The van der Waals surface area contributed by atoms with Gasteiger partial charge in [0.25, 0.3) is 0 Å². The van der Waals surface area contributed by atoms with E-state index in [9.17, 15) is 9.90 Å². The number of carbonyl (C=O) groups is 1. The molecule has 1 amide bonds. The highest BCUT2D eigenvalue weighted by molar-refractivity contribution is 5.87. The molecule has 4 aromatic rings. The number of carbonyl (C=O) groups excluding carboxylic acids is 1. The molecule has 2 aliphatic heterocycles. The Hall–Kier alpha value is -3.77. The van der Waals surface area contributed by atoms with Crippen LogP contribution in [0.1, 0.15) is 40.5 Å². The van der Waals surface area contributed by atoms with Gasteiger partial charge in [0.05, 0.1) is 23.1 Å². The average Bonchev–Trinajstić information content (AvgIpc) is 3.44. The number of rotatable bonds is 3. The SMILES string of the molecule is CN1CC[C@]23c4c5ccc(O)c4O[C@H]2c2[nH]c4ccccc4c2C[C@@]3(NC(=O)Cc2ccccc2)[C@@H]1C5. The van der Waals surface area contributed by atoms with Crippen LogP contribution in [0.5, 0.6) is 11.5 Å². The third-order valence-corrected chi connectivity index (χ3v) is 9.66. The number of phenols is 1. The van der Waals surface area contributed by atoms with Crippen molar-refractivity contribution in [2.75, 3.05) is 13.6 Å². The smallest absolute Gasteiger partial charge is 0.224 e. The number of hydrogen-bond donors (Lipinski definition) is 3. The van der Waals surface area contributed by atoms with Crippen molar-refractivity contribution in [2.45, 2.75) is 48.8 Å². The van der Waals surface area contributed by atoms with Gasteiger partial charge >= 0.3 is 0 Å². The van der Waals surface area contributed by atoms with E-state index in [0.29, 0.717) is 12.2 Å². The number of aromatic nitrogens is 1. The molecule has 0 saturated carbocycles. The Morgan fingerprint density at radius 2 is 1.95 bits per heavy atom. The molecule has 8 rings (SSSR count). The molecule has 1 spiro atoms. The number of aromatic hydroxyl groups is 1. The number of benzene rings is 3. The Morgan fingerprint density at radius 3 is 2.81 bits per heavy atom. The summed E-state index contributed by atoms with van der Waals surface area (Å²) in [5.41, 5.74) is 5.68. The minimum Gasteiger partial charge on any atom is -0.504 e. The molecule has 3 heterocycles. The van der Waals surface area contributed by atoms with Crippen LogP contribution >= 0.6 is 0 Å². The molecule has 2 aliphatic carbocycles. The predicted octanol–water partition coefficient (Wildman–Crippen LogP) is 4.16. The first kappa shape index (κ1) is 21.3. The van der Waals surface area contributed by atoms with Crippen LogP contribution in [0.4, 0.5) is 0 Å². The van der Waals surface area contributed by atoms with Crippen molar-refractivity contribution in [1.29, 1.82) is 0 Å². The standard InChI is InChI=1S/C31H29N3O3/c1-34-14-13-30-26-19-11-12-23(35)28(26)37-29(30)27-21(20-9-5-6-10-22(20)32-27)17-31(30,24(34)16-19)33-25(36)15-18-7-3-2-4-8-18/h2-12,24,29,32,35H,13-17H2,1H3,(H,33,36)/t24-,29-,30-,31+/m0/s1. The van der Waals surface area contributed by atoms with Crippen LogP contribution in [-0.4, -0.2) is 46.1 Å². The largest absolute Gasteiger partial charge is 0.504 e. The van der Waals surface area contributed by atoms with Crippen molar-refractivity contribution in [3.63, 3.8) is 0 Å². The van der Waals surface area contributed by atoms with Crippen LogP contribution in [0.15, 0.2) is 66.7 Å². The zero-order valence-electron chi connectivity index (χ0n) is 20.8. The number of likely N-dealkylation sites (N-methyl/N-ethyl adjacent to an activating group) is 1. The molecule has 1 saturated heterocycles. The van der Waals surface area contributed by atoms with Gasteiger partial charge in [-0.15, -0.1) is 0 Å². The highest BCUT2D eigenvalue weighted by Crippen LogP contribution is 2.68. The van der Waals surface area contributed by atoms with Gasteiger partial charge in [0.2, 0.25) is 5.91 Å². The van der Waals surface area contributed by atoms with Crippen molar-refractivity contribution in [2.24, 2.45) is 0 Å². The molecule has 3 N–H and O–H groups in total. The maximum absolute atomic E-state index is 13.9. The van der Waals surface area contributed by atoms with Gasteiger partial charge in [-0.1, -0.05) is 54.6 Å². The van der Waals surface area contributed by atoms with E-state index in [4.69, 9.17) is 4.74 Å². The summed E-state index contributed by atoms with van der Waals surface area (Å²) >= 11 is 0. The number of likely N-dealkylation sites (tertiary alicyclic amines) is 1. The number of para-hydroxylation sites is 1. The molecule has 4 aliphatic rings. The second-order valence-corrected chi connectivity index (χ2v) is 11.3. The van der Waals surface area contributed by atoms with Crippen molar-refractivity contribution < 1.29 is 14.6 Å². The van der Waals surface area contributed by atoms with E-state index in [0.717, 1.165) is 48.1 Å². The lowest BCUT2D eigenvalue weighted by Crippen LogP contribution is -2.80. The average molecular weight is 492 g/mol.